The lowest BCUT2D eigenvalue weighted by molar-refractivity contribution is 0.0996. The fraction of sp³-hybridized carbons (Fsp3) is 0.375. The Morgan fingerprint density at radius 2 is 2.21 bits per heavy atom. The van der Waals surface area contributed by atoms with Gasteiger partial charge in [0.05, 0.1) is 0 Å². The van der Waals surface area contributed by atoms with E-state index in [0.29, 0.717) is 12.4 Å². The van der Waals surface area contributed by atoms with Crippen molar-refractivity contribution >= 4 is 11.7 Å². The molecule has 0 fully saturated rings. The van der Waals surface area contributed by atoms with Gasteiger partial charge in [0.1, 0.15) is 0 Å². The smallest absolute Gasteiger partial charge is 0.271 e. The van der Waals surface area contributed by atoms with E-state index in [1.54, 1.807) is 0 Å². The number of rotatable bonds is 4. The number of anilines is 1. The lowest BCUT2D eigenvalue weighted by Gasteiger charge is -2.09. The summed E-state index contributed by atoms with van der Waals surface area (Å²) >= 11 is 0. The van der Waals surface area contributed by atoms with E-state index in [-0.39, 0.29) is 11.7 Å². The summed E-state index contributed by atoms with van der Waals surface area (Å²) in [4.78, 5) is 18.7. The molecule has 0 radical (unpaired) electrons. The number of nitrogens with one attached hydrogen (secondary N) is 1. The van der Waals surface area contributed by atoms with E-state index < -0.39 is 5.91 Å². The summed E-state index contributed by atoms with van der Waals surface area (Å²) in [7, 11) is 0. The molecule has 5 N–H and O–H groups in total. The molecule has 1 aromatic heterocycles. The number of primary amides is 1. The molecule has 0 bridgehead atoms. The number of carbonyl (C=O) groups excluding carboxylic acids is 1. The zero-order valence-corrected chi connectivity index (χ0v) is 7.90. The summed E-state index contributed by atoms with van der Waals surface area (Å²) in [6, 6.07) is -0.0299. The maximum absolute atomic E-state index is 10.9. The van der Waals surface area contributed by atoms with Gasteiger partial charge in [0.2, 0.25) is 0 Å². The number of nitrogens with two attached hydrogens (primary N) is 2. The van der Waals surface area contributed by atoms with Crippen LogP contribution in [0.15, 0.2) is 12.4 Å². The van der Waals surface area contributed by atoms with Crippen molar-refractivity contribution in [3.8, 4) is 0 Å². The number of amides is 1. The van der Waals surface area contributed by atoms with E-state index in [0.717, 1.165) is 0 Å². The minimum atomic E-state index is -0.606. The van der Waals surface area contributed by atoms with Crippen molar-refractivity contribution in [2.75, 3.05) is 11.9 Å². The minimum Gasteiger partial charge on any atom is -0.367 e. The highest BCUT2D eigenvalue weighted by Crippen LogP contribution is 2.06. The van der Waals surface area contributed by atoms with E-state index in [2.05, 4.69) is 15.3 Å². The second kappa shape index (κ2) is 4.52. The van der Waals surface area contributed by atoms with Crippen LogP contribution in [0.25, 0.3) is 0 Å². The third-order valence-electron chi connectivity index (χ3n) is 1.52. The van der Waals surface area contributed by atoms with Gasteiger partial charge < -0.3 is 16.8 Å². The first-order valence-corrected chi connectivity index (χ1v) is 4.21. The van der Waals surface area contributed by atoms with Gasteiger partial charge >= 0.3 is 0 Å². The first kappa shape index (κ1) is 10.4. The van der Waals surface area contributed by atoms with Crippen LogP contribution in [0, 0.1) is 0 Å². The molecule has 1 heterocycles. The van der Waals surface area contributed by atoms with Crippen LogP contribution in [0.5, 0.6) is 0 Å². The van der Waals surface area contributed by atoms with Gasteiger partial charge in [0, 0.05) is 25.0 Å². The zero-order chi connectivity index (χ0) is 10.6. The molecule has 0 saturated carbocycles. The monoisotopic (exact) mass is 195 g/mol. The highest BCUT2D eigenvalue weighted by Gasteiger charge is 2.09. The summed E-state index contributed by atoms with van der Waals surface area (Å²) in [5, 5.41) is 2.89. The average Bonchev–Trinajstić information content (AvgIpc) is 2.15. The van der Waals surface area contributed by atoms with Crippen molar-refractivity contribution in [3.05, 3.63) is 18.1 Å². The van der Waals surface area contributed by atoms with Crippen LogP contribution in [-0.2, 0) is 0 Å². The summed E-state index contributed by atoms with van der Waals surface area (Å²) in [5.41, 5.74) is 10.8. The molecule has 1 rings (SSSR count). The van der Waals surface area contributed by atoms with Crippen molar-refractivity contribution in [1.82, 2.24) is 9.97 Å². The van der Waals surface area contributed by atoms with Crippen molar-refractivity contribution in [1.29, 1.82) is 0 Å². The Morgan fingerprint density at radius 3 is 2.79 bits per heavy atom. The van der Waals surface area contributed by atoms with Crippen molar-refractivity contribution in [2.24, 2.45) is 11.5 Å². The fourth-order valence-corrected chi connectivity index (χ4v) is 0.905. The molecular formula is C8H13N5O. The van der Waals surface area contributed by atoms with Gasteiger partial charge in [0.15, 0.2) is 11.5 Å². The van der Waals surface area contributed by atoms with Gasteiger partial charge in [-0.05, 0) is 6.92 Å². The van der Waals surface area contributed by atoms with Crippen LogP contribution in [0.2, 0.25) is 0 Å². The molecule has 6 nitrogen and oxygen atoms in total. The van der Waals surface area contributed by atoms with Gasteiger partial charge in [-0.15, -0.1) is 0 Å². The lowest BCUT2D eigenvalue weighted by Crippen LogP contribution is -2.27. The molecule has 1 aromatic rings. The van der Waals surface area contributed by atoms with Crippen LogP contribution in [0.1, 0.15) is 17.4 Å². The Morgan fingerprint density at radius 1 is 1.57 bits per heavy atom. The second-order valence-electron chi connectivity index (χ2n) is 2.98. The first-order valence-electron chi connectivity index (χ1n) is 4.21. The zero-order valence-electron chi connectivity index (χ0n) is 7.90. The van der Waals surface area contributed by atoms with Crippen LogP contribution < -0.4 is 16.8 Å². The van der Waals surface area contributed by atoms with E-state index >= 15 is 0 Å². The molecule has 0 aromatic carbocycles. The minimum absolute atomic E-state index is 0.0299. The molecule has 0 aliphatic rings. The molecule has 0 spiro atoms. The molecule has 6 heteroatoms. The number of nitrogens with zero attached hydrogens (tertiary/aromatic N) is 2. The van der Waals surface area contributed by atoms with Crippen molar-refractivity contribution in [3.63, 3.8) is 0 Å². The van der Waals surface area contributed by atoms with E-state index in [9.17, 15) is 4.79 Å². The summed E-state index contributed by atoms with van der Waals surface area (Å²) in [5.74, 6) is -0.234. The van der Waals surface area contributed by atoms with Gasteiger partial charge in [0.25, 0.3) is 5.91 Å². The van der Waals surface area contributed by atoms with E-state index in [1.807, 2.05) is 6.92 Å². The number of carbonyl (C=O) groups is 1. The molecule has 0 aliphatic heterocycles. The van der Waals surface area contributed by atoms with E-state index in [1.165, 1.54) is 12.4 Å². The summed E-state index contributed by atoms with van der Waals surface area (Å²) in [6.45, 7) is 2.35. The molecule has 0 aliphatic carbocycles. The summed E-state index contributed by atoms with van der Waals surface area (Å²) < 4.78 is 0. The van der Waals surface area contributed by atoms with Gasteiger partial charge in [-0.1, -0.05) is 0 Å². The largest absolute Gasteiger partial charge is 0.367 e. The molecule has 76 valence electrons. The standard InChI is InChI=1S/C8H13N5O/c1-5(9)4-13-8-6(7(10)14)11-2-3-12-8/h2-3,5H,4,9H2,1H3,(H2,10,14)(H,12,13). The Kier molecular flexibility index (Phi) is 3.35. The van der Waals surface area contributed by atoms with Crippen LogP contribution in [0.3, 0.4) is 0 Å². The van der Waals surface area contributed by atoms with Crippen LogP contribution in [0.4, 0.5) is 5.82 Å². The number of aromatic nitrogens is 2. The third-order valence-corrected chi connectivity index (χ3v) is 1.52. The molecule has 1 unspecified atom stereocenters. The lowest BCUT2D eigenvalue weighted by atomic mass is 10.3. The van der Waals surface area contributed by atoms with Crippen molar-refractivity contribution < 1.29 is 4.79 Å². The Hall–Kier alpha value is -1.69. The van der Waals surface area contributed by atoms with Gasteiger partial charge in [-0.3, -0.25) is 4.79 Å². The third kappa shape index (κ3) is 2.67. The van der Waals surface area contributed by atoms with Gasteiger partial charge in [-0.25, -0.2) is 9.97 Å². The number of hydrogen-bond donors (Lipinski definition) is 3. The maximum atomic E-state index is 10.9. The molecule has 0 saturated heterocycles. The predicted molar refractivity (Wildman–Crippen MR) is 52.7 cm³/mol. The topological polar surface area (TPSA) is 107 Å². The fourth-order valence-electron chi connectivity index (χ4n) is 0.905. The summed E-state index contributed by atoms with van der Waals surface area (Å²) in [6.07, 6.45) is 2.90. The molecule has 14 heavy (non-hydrogen) atoms. The highest BCUT2D eigenvalue weighted by molar-refractivity contribution is 5.95. The predicted octanol–water partition coefficient (Wildman–Crippen LogP) is -0.665. The average molecular weight is 195 g/mol. The van der Waals surface area contributed by atoms with Crippen molar-refractivity contribution in [2.45, 2.75) is 13.0 Å². The van der Waals surface area contributed by atoms with Crippen LogP contribution >= 0.6 is 0 Å². The Bertz CT molecular complexity index is 325. The SMILES string of the molecule is CC(N)CNc1nccnc1C(N)=O. The molecule has 1 atom stereocenters. The Balaban J connectivity index is 2.79. The number of hydrogen-bond acceptors (Lipinski definition) is 5. The van der Waals surface area contributed by atoms with E-state index in [4.69, 9.17) is 11.5 Å². The first-order chi connectivity index (χ1) is 6.61. The van der Waals surface area contributed by atoms with Crippen LogP contribution in [-0.4, -0.2) is 28.5 Å². The molecular weight excluding hydrogens is 182 g/mol. The second-order valence-corrected chi connectivity index (χ2v) is 2.98. The normalized spacial score (nSPS) is 12.1. The highest BCUT2D eigenvalue weighted by atomic mass is 16.1. The quantitative estimate of drug-likeness (QED) is 0.591. The Labute approximate surface area is 81.7 Å². The maximum Gasteiger partial charge on any atom is 0.271 e. The molecule has 1 amide bonds. The van der Waals surface area contributed by atoms with Gasteiger partial charge in [-0.2, -0.15) is 0 Å².